The number of carbonyl (C=O) groups excluding carboxylic acids is 2. The molecule has 2 aromatic carbocycles. The van der Waals surface area contributed by atoms with Crippen molar-refractivity contribution in [1.82, 2.24) is 29.3 Å². The summed E-state index contributed by atoms with van der Waals surface area (Å²) in [6, 6.07) is 10.4. The largest absolute Gasteiger partial charge is 0.349 e. The quantitative estimate of drug-likeness (QED) is 0.446. The van der Waals surface area contributed by atoms with Crippen LogP contribution in [0, 0.1) is 5.82 Å². The molecule has 0 spiro atoms. The first-order valence-electron chi connectivity index (χ1n) is 10.4. The van der Waals surface area contributed by atoms with E-state index in [0.29, 0.717) is 5.69 Å². The number of likely N-dealkylation sites (N-methyl/N-ethyl adjacent to an activating group) is 1. The van der Waals surface area contributed by atoms with Crippen LogP contribution in [-0.2, 0) is 26.3 Å². The number of rotatable bonds is 6. The van der Waals surface area contributed by atoms with Gasteiger partial charge in [0.05, 0.1) is 23.5 Å². The molecule has 2 heterocycles. The Morgan fingerprint density at radius 2 is 1.94 bits per heavy atom. The summed E-state index contributed by atoms with van der Waals surface area (Å²) >= 11 is 5.74. The van der Waals surface area contributed by atoms with Crippen molar-refractivity contribution in [3.8, 4) is 5.69 Å². The van der Waals surface area contributed by atoms with E-state index in [1.54, 1.807) is 10.9 Å². The number of benzene rings is 2. The summed E-state index contributed by atoms with van der Waals surface area (Å²) in [5, 5.41) is 12.9. The number of anilines is 1. The molecule has 2 atom stereocenters. The lowest BCUT2D eigenvalue weighted by atomic mass is 10.1. The fourth-order valence-corrected chi connectivity index (χ4v) is 4.90. The normalized spacial score (nSPS) is 19.7. The number of hydrogen-bond acceptors (Lipinski definition) is 6. The number of para-hydroxylation sites is 1. The topological polar surface area (TPSA) is 138 Å². The Morgan fingerprint density at radius 3 is 2.66 bits per heavy atom. The Labute approximate surface area is 205 Å². The maximum absolute atomic E-state index is 13.4. The van der Waals surface area contributed by atoms with E-state index in [1.807, 2.05) is 30.3 Å². The third-order valence-corrected chi connectivity index (χ3v) is 7.26. The highest BCUT2D eigenvalue weighted by Gasteiger charge is 2.42. The molecule has 0 bridgehead atoms. The van der Waals surface area contributed by atoms with Gasteiger partial charge in [-0.15, -0.1) is 5.10 Å². The van der Waals surface area contributed by atoms with Crippen molar-refractivity contribution in [3.63, 3.8) is 0 Å². The predicted octanol–water partition coefficient (Wildman–Crippen LogP) is 1.22. The molecule has 1 aliphatic heterocycles. The number of nitrogens with zero attached hydrogens (tertiary/aromatic N) is 4. The molecule has 184 valence electrons. The monoisotopic (exact) mass is 521 g/mol. The molecule has 1 saturated heterocycles. The van der Waals surface area contributed by atoms with E-state index in [4.69, 9.17) is 11.6 Å². The molecule has 2 amide bonds. The first-order chi connectivity index (χ1) is 16.6. The maximum atomic E-state index is 13.4. The number of amides is 2. The van der Waals surface area contributed by atoms with Gasteiger partial charge < -0.3 is 10.6 Å². The Morgan fingerprint density at radius 1 is 1.20 bits per heavy atom. The van der Waals surface area contributed by atoms with Crippen LogP contribution >= 0.6 is 11.6 Å². The molecular weight excluding hydrogens is 501 g/mol. The van der Waals surface area contributed by atoms with Gasteiger partial charge in [0.15, 0.2) is 0 Å². The Hall–Kier alpha value is -3.39. The fraction of sp³-hybridized carbons (Fsp3) is 0.238. The molecule has 1 fully saturated rings. The molecule has 1 aliphatic rings. The summed E-state index contributed by atoms with van der Waals surface area (Å²) in [4.78, 5) is 25.6. The Kier molecular flexibility index (Phi) is 7.12. The predicted molar refractivity (Wildman–Crippen MR) is 125 cm³/mol. The number of carbonyl (C=O) groups is 2. The molecule has 4 rings (SSSR count). The third-order valence-electron chi connectivity index (χ3n) is 5.38. The van der Waals surface area contributed by atoms with Crippen molar-refractivity contribution >= 4 is 39.3 Å². The van der Waals surface area contributed by atoms with Crippen LogP contribution in [-0.4, -0.2) is 58.7 Å². The summed E-state index contributed by atoms with van der Waals surface area (Å²) in [6.07, 6.45) is 1.50. The van der Waals surface area contributed by atoms with E-state index in [9.17, 15) is 22.4 Å². The lowest BCUT2D eigenvalue weighted by molar-refractivity contribution is -0.124. The maximum Gasteiger partial charge on any atom is 0.280 e. The molecule has 3 aromatic rings. The van der Waals surface area contributed by atoms with Gasteiger partial charge in [-0.05, 0) is 36.8 Å². The molecule has 0 radical (unpaired) electrons. The second-order valence-electron chi connectivity index (χ2n) is 7.77. The van der Waals surface area contributed by atoms with Gasteiger partial charge in [0, 0.05) is 12.7 Å². The fourth-order valence-electron chi connectivity index (χ4n) is 3.47. The summed E-state index contributed by atoms with van der Waals surface area (Å²) < 4.78 is 43.1. The smallest absolute Gasteiger partial charge is 0.280 e. The van der Waals surface area contributed by atoms with Crippen LogP contribution < -0.4 is 15.4 Å². The van der Waals surface area contributed by atoms with E-state index in [1.165, 1.54) is 19.2 Å². The third kappa shape index (κ3) is 5.65. The van der Waals surface area contributed by atoms with Crippen molar-refractivity contribution in [3.05, 3.63) is 71.3 Å². The Balaban J connectivity index is 1.41. The van der Waals surface area contributed by atoms with Crippen LogP contribution in [0.5, 0.6) is 0 Å². The highest BCUT2D eigenvalue weighted by molar-refractivity contribution is 7.87. The number of aromatic nitrogens is 3. The molecule has 14 heteroatoms. The van der Waals surface area contributed by atoms with Crippen LogP contribution in [0.25, 0.3) is 5.69 Å². The van der Waals surface area contributed by atoms with Crippen LogP contribution in [0.15, 0.2) is 54.7 Å². The lowest BCUT2D eigenvalue weighted by Crippen LogP contribution is -2.62. The average Bonchev–Trinajstić information content (AvgIpc) is 3.31. The summed E-state index contributed by atoms with van der Waals surface area (Å²) in [5.41, 5.74) is 1.44. The highest BCUT2D eigenvalue weighted by atomic mass is 35.5. The number of halogens is 2. The van der Waals surface area contributed by atoms with E-state index in [-0.39, 0.29) is 23.7 Å². The van der Waals surface area contributed by atoms with Crippen molar-refractivity contribution in [1.29, 1.82) is 0 Å². The van der Waals surface area contributed by atoms with Crippen LogP contribution in [0.1, 0.15) is 12.1 Å². The minimum Gasteiger partial charge on any atom is -0.349 e. The molecule has 0 saturated carbocycles. The van der Waals surface area contributed by atoms with Crippen molar-refractivity contribution in [2.24, 2.45) is 0 Å². The molecule has 11 nitrogen and oxygen atoms in total. The van der Waals surface area contributed by atoms with Gasteiger partial charge in [-0.2, -0.15) is 17.4 Å². The zero-order chi connectivity index (χ0) is 25.2. The Bertz CT molecular complexity index is 1350. The van der Waals surface area contributed by atoms with E-state index >= 15 is 0 Å². The summed E-state index contributed by atoms with van der Waals surface area (Å²) in [6.45, 7) is 0.00464. The highest BCUT2D eigenvalue weighted by Crippen LogP contribution is 2.22. The number of nitrogens with one attached hydrogen (secondary N) is 3. The second-order valence-corrected chi connectivity index (χ2v) is 9.94. The molecule has 3 N–H and O–H groups in total. The SMILES string of the molecule is CN1C(C(=O)Nc2ccc(F)c(Cl)c2)CC(C(=O)NCc2cn(-c3ccccc3)nn2)NS1(=O)=O. The van der Waals surface area contributed by atoms with Crippen LogP contribution in [0.4, 0.5) is 10.1 Å². The van der Waals surface area contributed by atoms with Crippen molar-refractivity contribution < 1.29 is 22.4 Å². The molecule has 0 aliphatic carbocycles. The van der Waals surface area contributed by atoms with Gasteiger partial charge in [0.1, 0.15) is 23.6 Å². The number of hydrogen-bond donors (Lipinski definition) is 3. The van der Waals surface area contributed by atoms with E-state index in [2.05, 4.69) is 25.7 Å². The van der Waals surface area contributed by atoms with Crippen LogP contribution in [0.2, 0.25) is 5.02 Å². The molecular formula is C21H21ClFN7O4S. The lowest BCUT2D eigenvalue weighted by Gasteiger charge is -2.35. The first-order valence-corrected chi connectivity index (χ1v) is 12.2. The van der Waals surface area contributed by atoms with E-state index in [0.717, 1.165) is 16.1 Å². The summed E-state index contributed by atoms with van der Waals surface area (Å²) in [5.74, 6) is -1.98. The van der Waals surface area contributed by atoms with Crippen molar-refractivity contribution in [2.75, 3.05) is 12.4 Å². The van der Waals surface area contributed by atoms with Gasteiger partial charge >= 0.3 is 0 Å². The van der Waals surface area contributed by atoms with Gasteiger partial charge in [-0.3, -0.25) is 9.59 Å². The van der Waals surface area contributed by atoms with Gasteiger partial charge in [-0.1, -0.05) is 35.0 Å². The first kappa shape index (κ1) is 24.7. The van der Waals surface area contributed by atoms with E-state index < -0.39 is 39.9 Å². The minimum absolute atomic E-state index is 0.00464. The second kappa shape index (κ2) is 10.1. The molecule has 1 aromatic heterocycles. The average molecular weight is 522 g/mol. The van der Waals surface area contributed by atoms with Gasteiger partial charge in [0.2, 0.25) is 11.8 Å². The zero-order valence-electron chi connectivity index (χ0n) is 18.4. The molecule has 35 heavy (non-hydrogen) atoms. The summed E-state index contributed by atoms with van der Waals surface area (Å²) in [7, 11) is -2.91. The zero-order valence-corrected chi connectivity index (χ0v) is 19.9. The standard InChI is InChI=1S/C21H21ClFN7O4S/c1-29-19(21(32)25-13-7-8-17(23)16(22)9-13)10-18(27-35(29,33)34)20(31)24-11-14-12-30(28-26-14)15-5-3-2-4-6-15/h2-9,12,18-19,27H,10-11H2,1H3,(H,24,31)(H,25,32). The van der Waals surface area contributed by atoms with Gasteiger partial charge in [0.25, 0.3) is 10.2 Å². The van der Waals surface area contributed by atoms with Crippen LogP contribution in [0.3, 0.4) is 0 Å². The van der Waals surface area contributed by atoms with Crippen molar-refractivity contribution in [2.45, 2.75) is 25.0 Å². The minimum atomic E-state index is -4.13. The molecule has 2 unspecified atom stereocenters. The van der Waals surface area contributed by atoms with Gasteiger partial charge in [-0.25, -0.2) is 9.07 Å².